The van der Waals surface area contributed by atoms with Gasteiger partial charge in [0.25, 0.3) is 0 Å². The highest BCUT2D eigenvalue weighted by atomic mass is 15.4. The van der Waals surface area contributed by atoms with Crippen molar-refractivity contribution in [3.63, 3.8) is 0 Å². The van der Waals surface area contributed by atoms with Crippen LogP contribution >= 0.6 is 0 Å². The highest BCUT2D eigenvalue weighted by molar-refractivity contribution is 5.82. The molecule has 2 rings (SSSR count). The Kier molecular flexibility index (Phi) is 5.85. The first-order valence-electron chi connectivity index (χ1n) is 7.72. The number of benzene rings is 1. The molecule has 7 heteroatoms. The first-order valence-corrected chi connectivity index (χ1v) is 7.72. The van der Waals surface area contributed by atoms with Crippen LogP contribution in [0.3, 0.4) is 0 Å². The van der Waals surface area contributed by atoms with Gasteiger partial charge < -0.3 is 10.6 Å². The molecule has 0 bridgehead atoms. The summed E-state index contributed by atoms with van der Waals surface area (Å²) in [6, 6.07) is 6.22. The normalized spacial score (nSPS) is 10.8. The van der Waals surface area contributed by atoms with E-state index in [1.807, 2.05) is 19.9 Å². The van der Waals surface area contributed by atoms with E-state index in [0.29, 0.717) is 17.8 Å². The molecule has 1 aromatic heterocycles. The van der Waals surface area contributed by atoms with Crippen LogP contribution in [0.25, 0.3) is 0 Å². The molecule has 0 unspecified atom stereocenters. The zero-order valence-corrected chi connectivity index (χ0v) is 14.0. The van der Waals surface area contributed by atoms with Crippen molar-refractivity contribution in [2.75, 3.05) is 29.1 Å². The minimum Gasteiger partial charge on any atom is -0.354 e. The van der Waals surface area contributed by atoms with Crippen LogP contribution in [0.4, 0.5) is 17.8 Å². The monoisotopic (exact) mass is 313 g/mol. The van der Waals surface area contributed by atoms with Gasteiger partial charge in [0, 0.05) is 13.1 Å². The molecule has 7 nitrogen and oxygen atoms in total. The van der Waals surface area contributed by atoms with Gasteiger partial charge >= 0.3 is 0 Å². The standard InChI is InChI=1S/C16H23N7/c1-5-17-14-20-15(18-6-2)22-16(21-14)23-19-10-13-8-7-11(3)9-12(13)4/h7-10H,5-6H2,1-4H3,(H3,17,18,20,21,22,23)/b19-10+. The number of hydrogen-bond donors (Lipinski definition) is 3. The zero-order chi connectivity index (χ0) is 16.7. The van der Waals surface area contributed by atoms with Gasteiger partial charge in [0.2, 0.25) is 17.8 Å². The smallest absolute Gasteiger partial charge is 0.250 e. The fourth-order valence-corrected chi connectivity index (χ4v) is 2.03. The summed E-state index contributed by atoms with van der Waals surface area (Å²) in [5.41, 5.74) is 6.32. The van der Waals surface area contributed by atoms with Crippen molar-refractivity contribution in [3.05, 3.63) is 34.9 Å². The molecule has 23 heavy (non-hydrogen) atoms. The molecule has 122 valence electrons. The van der Waals surface area contributed by atoms with E-state index in [2.05, 4.69) is 62.1 Å². The number of nitrogens with zero attached hydrogens (tertiary/aromatic N) is 4. The van der Waals surface area contributed by atoms with Gasteiger partial charge in [-0.25, -0.2) is 5.43 Å². The molecule has 0 aliphatic heterocycles. The van der Waals surface area contributed by atoms with Crippen LogP contribution < -0.4 is 16.1 Å². The van der Waals surface area contributed by atoms with Gasteiger partial charge in [-0.05, 0) is 38.8 Å². The SMILES string of the molecule is CCNc1nc(NCC)nc(N/N=C/c2ccc(C)cc2C)n1. The van der Waals surface area contributed by atoms with Crippen LogP contribution in [0, 0.1) is 13.8 Å². The zero-order valence-electron chi connectivity index (χ0n) is 14.0. The first kappa shape index (κ1) is 16.7. The Hall–Kier alpha value is -2.70. The summed E-state index contributed by atoms with van der Waals surface area (Å²) in [4.78, 5) is 12.8. The molecule has 0 amide bonds. The van der Waals surface area contributed by atoms with Crippen molar-refractivity contribution in [1.29, 1.82) is 0 Å². The fourth-order valence-electron chi connectivity index (χ4n) is 2.03. The second kappa shape index (κ2) is 8.07. The Bertz CT molecular complexity index is 658. The van der Waals surface area contributed by atoms with Gasteiger partial charge in [-0.3, -0.25) is 0 Å². The van der Waals surface area contributed by atoms with Gasteiger partial charge in [-0.15, -0.1) is 0 Å². The van der Waals surface area contributed by atoms with E-state index in [0.717, 1.165) is 18.7 Å². The first-order chi connectivity index (χ1) is 11.1. The lowest BCUT2D eigenvalue weighted by molar-refractivity contribution is 0.992. The molecule has 0 atom stereocenters. The summed E-state index contributed by atoms with van der Waals surface area (Å²) in [5.74, 6) is 1.43. The molecule has 0 spiro atoms. The second-order valence-electron chi connectivity index (χ2n) is 5.10. The third-order valence-corrected chi connectivity index (χ3v) is 3.10. The molecule has 1 heterocycles. The molecule has 1 aromatic carbocycles. The molecule has 0 aliphatic carbocycles. The minimum absolute atomic E-state index is 0.396. The highest BCUT2D eigenvalue weighted by Gasteiger charge is 2.04. The molecule has 3 N–H and O–H groups in total. The average Bonchev–Trinajstić information content (AvgIpc) is 2.50. The van der Waals surface area contributed by atoms with Gasteiger partial charge in [0.15, 0.2) is 0 Å². The summed E-state index contributed by atoms with van der Waals surface area (Å²) in [5, 5.41) is 10.4. The number of aromatic nitrogens is 3. The van der Waals surface area contributed by atoms with Crippen LogP contribution in [0.1, 0.15) is 30.5 Å². The summed E-state index contributed by atoms with van der Waals surface area (Å²) < 4.78 is 0. The Labute approximate surface area is 136 Å². The van der Waals surface area contributed by atoms with Crippen molar-refractivity contribution < 1.29 is 0 Å². The lowest BCUT2D eigenvalue weighted by atomic mass is 10.1. The van der Waals surface area contributed by atoms with Crippen LogP contribution in [0.15, 0.2) is 23.3 Å². The maximum Gasteiger partial charge on any atom is 0.250 e. The summed E-state index contributed by atoms with van der Waals surface area (Å²) in [6.45, 7) is 9.58. The Balaban J connectivity index is 2.13. The predicted molar refractivity (Wildman–Crippen MR) is 95.3 cm³/mol. The summed E-state index contributed by atoms with van der Waals surface area (Å²) in [7, 11) is 0. The number of rotatable bonds is 7. The third kappa shape index (κ3) is 4.91. The van der Waals surface area contributed by atoms with Gasteiger partial charge in [-0.1, -0.05) is 23.8 Å². The molecular weight excluding hydrogens is 290 g/mol. The molecular formula is C16H23N7. The summed E-state index contributed by atoms with van der Waals surface area (Å²) in [6.07, 6.45) is 1.76. The molecule has 0 saturated carbocycles. The Morgan fingerprint density at radius 3 is 2.13 bits per heavy atom. The highest BCUT2D eigenvalue weighted by Crippen LogP contribution is 2.10. The molecule has 0 radical (unpaired) electrons. The summed E-state index contributed by atoms with van der Waals surface area (Å²) >= 11 is 0. The third-order valence-electron chi connectivity index (χ3n) is 3.10. The lowest BCUT2D eigenvalue weighted by Gasteiger charge is -2.07. The van der Waals surface area contributed by atoms with E-state index in [-0.39, 0.29) is 0 Å². The fraction of sp³-hybridized carbons (Fsp3) is 0.375. The van der Waals surface area contributed by atoms with Crippen molar-refractivity contribution in [2.24, 2.45) is 5.10 Å². The number of hydrazone groups is 1. The number of nitrogens with one attached hydrogen (secondary N) is 3. The molecule has 0 fully saturated rings. The average molecular weight is 313 g/mol. The van der Waals surface area contributed by atoms with Gasteiger partial charge in [-0.2, -0.15) is 20.1 Å². The Morgan fingerprint density at radius 2 is 1.57 bits per heavy atom. The van der Waals surface area contributed by atoms with Crippen molar-refractivity contribution in [2.45, 2.75) is 27.7 Å². The maximum absolute atomic E-state index is 4.27. The van der Waals surface area contributed by atoms with E-state index in [4.69, 9.17) is 0 Å². The number of hydrogen-bond acceptors (Lipinski definition) is 7. The van der Waals surface area contributed by atoms with Crippen LogP contribution in [0.5, 0.6) is 0 Å². The van der Waals surface area contributed by atoms with Crippen molar-refractivity contribution >= 4 is 24.1 Å². The van der Waals surface area contributed by atoms with Crippen molar-refractivity contribution in [3.8, 4) is 0 Å². The van der Waals surface area contributed by atoms with E-state index < -0.39 is 0 Å². The van der Waals surface area contributed by atoms with Crippen molar-refractivity contribution in [1.82, 2.24) is 15.0 Å². The van der Waals surface area contributed by atoms with Crippen LogP contribution in [-0.4, -0.2) is 34.3 Å². The number of aryl methyl sites for hydroxylation is 2. The predicted octanol–water partition coefficient (Wildman–Crippen LogP) is 2.80. The minimum atomic E-state index is 0.396. The Morgan fingerprint density at radius 1 is 0.957 bits per heavy atom. The maximum atomic E-state index is 4.27. The number of anilines is 3. The van der Waals surface area contributed by atoms with E-state index in [9.17, 15) is 0 Å². The van der Waals surface area contributed by atoms with Crippen LogP contribution in [-0.2, 0) is 0 Å². The van der Waals surface area contributed by atoms with Gasteiger partial charge in [0.05, 0.1) is 6.21 Å². The largest absolute Gasteiger partial charge is 0.354 e. The topological polar surface area (TPSA) is 87.1 Å². The van der Waals surface area contributed by atoms with Gasteiger partial charge in [0.1, 0.15) is 0 Å². The van der Waals surface area contributed by atoms with E-state index >= 15 is 0 Å². The van der Waals surface area contributed by atoms with E-state index in [1.54, 1.807) is 6.21 Å². The van der Waals surface area contributed by atoms with E-state index in [1.165, 1.54) is 11.1 Å². The molecule has 0 aliphatic rings. The quantitative estimate of drug-likeness (QED) is 0.538. The molecule has 2 aromatic rings. The van der Waals surface area contributed by atoms with Crippen LogP contribution in [0.2, 0.25) is 0 Å². The second-order valence-corrected chi connectivity index (χ2v) is 5.10. The lowest BCUT2D eigenvalue weighted by Crippen LogP contribution is -2.10. The molecule has 0 saturated heterocycles.